The number of hydrogen-bond donors (Lipinski definition) is 2. The van der Waals surface area contributed by atoms with Crippen LogP contribution in [0.3, 0.4) is 0 Å². The first-order valence-corrected chi connectivity index (χ1v) is 9.07. The van der Waals surface area contributed by atoms with Crippen molar-refractivity contribution < 1.29 is 22.4 Å². The third-order valence-corrected chi connectivity index (χ3v) is 5.01. The lowest BCUT2D eigenvalue weighted by molar-refractivity contribution is -0.174. The molecular weight excluding hydrogens is 385 g/mol. The first kappa shape index (κ1) is 19.1. The molecule has 0 unspecified atom stereocenters. The number of alkyl halides is 3. The number of aryl methyl sites for hydroxylation is 2. The highest BCUT2D eigenvalue weighted by atomic mass is 19.4. The summed E-state index contributed by atoms with van der Waals surface area (Å²) in [5.41, 5.74) is 2.44. The molecule has 0 aliphatic carbocycles. The minimum atomic E-state index is -4.52. The van der Waals surface area contributed by atoms with Crippen molar-refractivity contribution in [3.05, 3.63) is 65.2 Å². The first-order chi connectivity index (χ1) is 13.7. The third-order valence-electron chi connectivity index (χ3n) is 5.01. The smallest absolute Gasteiger partial charge is 0.410 e. The molecule has 1 aliphatic heterocycles. The van der Waals surface area contributed by atoms with Crippen LogP contribution in [-0.4, -0.2) is 21.9 Å². The van der Waals surface area contributed by atoms with E-state index in [1.165, 1.54) is 6.26 Å². The molecule has 1 aromatic carbocycles. The third kappa shape index (κ3) is 3.59. The summed E-state index contributed by atoms with van der Waals surface area (Å²) in [6.07, 6.45) is -2.25. The Balaban J connectivity index is 1.70. The Kier molecular flexibility index (Phi) is 4.60. The Bertz CT molecular complexity index is 1040. The molecule has 9 heteroatoms. The van der Waals surface area contributed by atoms with Crippen LogP contribution < -0.4 is 10.6 Å². The van der Waals surface area contributed by atoms with E-state index in [1.807, 2.05) is 26.0 Å². The molecule has 0 bridgehead atoms. The molecule has 0 spiro atoms. The number of benzene rings is 1. The molecule has 2 N–H and O–H groups in total. The molecule has 3 aromatic rings. The second-order valence-corrected chi connectivity index (χ2v) is 7.13. The van der Waals surface area contributed by atoms with E-state index in [0.717, 1.165) is 22.0 Å². The van der Waals surface area contributed by atoms with E-state index < -0.39 is 24.2 Å². The van der Waals surface area contributed by atoms with Gasteiger partial charge in [0.05, 0.1) is 18.5 Å². The highest BCUT2D eigenvalue weighted by Gasteiger charge is 2.47. The number of furan rings is 1. The number of carbonyl (C=O) groups excluding carboxylic acids is 1. The van der Waals surface area contributed by atoms with Crippen molar-refractivity contribution in [1.29, 1.82) is 0 Å². The maximum atomic E-state index is 13.7. The molecule has 1 amide bonds. The van der Waals surface area contributed by atoms with Gasteiger partial charge in [-0.25, -0.2) is 4.68 Å². The zero-order valence-electron chi connectivity index (χ0n) is 15.7. The summed E-state index contributed by atoms with van der Waals surface area (Å²) < 4.78 is 47.1. The highest BCUT2D eigenvalue weighted by Crippen LogP contribution is 2.44. The largest absolute Gasteiger partial charge is 0.467 e. The zero-order chi connectivity index (χ0) is 20.8. The van der Waals surface area contributed by atoms with Crippen LogP contribution in [0.2, 0.25) is 0 Å². The normalized spacial score (nSPS) is 18.8. The van der Waals surface area contributed by atoms with Gasteiger partial charge in [0, 0.05) is 12.1 Å². The molecule has 29 heavy (non-hydrogen) atoms. The number of nitrogens with zero attached hydrogens (tertiary/aromatic N) is 2. The Morgan fingerprint density at radius 3 is 2.79 bits per heavy atom. The lowest BCUT2D eigenvalue weighted by Crippen LogP contribution is -2.36. The molecule has 2 atom stereocenters. The fraction of sp³-hybridized carbons (Fsp3) is 0.300. The standard InChI is InChI=1S/C20H19F3N4O2/c1-11-5-6-12(2)14(8-11)26-19(28)13-10-24-27-17(20(21,22)23)9-15(25-18(13)27)16-4-3-7-29-16/h3-8,10,15,17,25H,9H2,1-2H3,(H,26,28)/t15-,17-/m0/s1. The molecule has 1 aliphatic rings. The molecule has 0 saturated carbocycles. The summed E-state index contributed by atoms with van der Waals surface area (Å²) in [5.74, 6) is -0.149. The van der Waals surface area contributed by atoms with Crippen LogP contribution >= 0.6 is 0 Å². The summed E-state index contributed by atoms with van der Waals surface area (Å²) in [4.78, 5) is 12.9. The molecule has 6 nitrogen and oxygen atoms in total. The topological polar surface area (TPSA) is 72.1 Å². The van der Waals surface area contributed by atoms with Gasteiger partial charge >= 0.3 is 6.18 Å². The van der Waals surface area contributed by atoms with E-state index in [9.17, 15) is 18.0 Å². The van der Waals surface area contributed by atoms with Crippen LogP contribution in [0.15, 0.2) is 47.2 Å². The van der Waals surface area contributed by atoms with Crippen molar-refractivity contribution in [3.63, 3.8) is 0 Å². The molecule has 4 rings (SSSR count). The quantitative estimate of drug-likeness (QED) is 0.644. The van der Waals surface area contributed by atoms with Crippen molar-refractivity contribution in [2.24, 2.45) is 0 Å². The van der Waals surface area contributed by atoms with Gasteiger partial charge in [0.1, 0.15) is 17.1 Å². The van der Waals surface area contributed by atoms with E-state index in [0.29, 0.717) is 11.4 Å². The Hall–Kier alpha value is -3.23. The second kappa shape index (κ2) is 6.98. The number of rotatable bonds is 3. The summed E-state index contributed by atoms with van der Waals surface area (Å²) in [6.45, 7) is 3.73. The predicted molar refractivity (Wildman–Crippen MR) is 101 cm³/mol. The minimum absolute atomic E-state index is 0.0165. The molecule has 2 aromatic heterocycles. The van der Waals surface area contributed by atoms with Crippen LogP contribution in [0.5, 0.6) is 0 Å². The Labute approximate surface area is 164 Å². The van der Waals surface area contributed by atoms with Crippen LogP contribution in [0.1, 0.15) is 45.7 Å². The van der Waals surface area contributed by atoms with E-state index in [-0.39, 0.29) is 17.8 Å². The maximum absolute atomic E-state index is 13.7. The van der Waals surface area contributed by atoms with E-state index >= 15 is 0 Å². The van der Waals surface area contributed by atoms with E-state index in [1.54, 1.807) is 18.2 Å². The van der Waals surface area contributed by atoms with Gasteiger partial charge < -0.3 is 15.1 Å². The minimum Gasteiger partial charge on any atom is -0.467 e. The molecule has 3 heterocycles. The second-order valence-electron chi connectivity index (χ2n) is 7.13. The van der Waals surface area contributed by atoms with Gasteiger partial charge in [-0.05, 0) is 43.2 Å². The van der Waals surface area contributed by atoms with Crippen LogP contribution in [-0.2, 0) is 0 Å². The Morgan fingerprint density at radius 1 is 1.31 bits per heavy atom. The molecular formula is C20H19F3N4O2. The number of carbonyl (C=O) groups is 1. The molecule has 0 saturated heterocycles. The number of nitrogens with one attached hydrogen (secondary N) is 2. The van der Waals surface area contributed by atoms with Gasteiger partial charge in [-0.1, -0.05) is 12.1 Å². The molecule has 0 fully saturated rings. The number of hydrogen-bond acceptors (Lipinski definition) is 4. The molecule has 152 valence electrons. The average molecular weight is 404 g/mol. The van der Waals surface area contributed by atoms with Gasteiger partial charge in [-0.15, -0.1) is 0 Å². The van der Waals surface area contributed by atoms with Crippen molar-refractivity contribution in [3.8, 4) is 0 Å². The van der Waals surface area contributed by atoms with Gasteiger partial charge in [-0.2, -0.15) is 18.3 Å². The number of fused-ring (bicyclic) bond motifs is 1. The van der Waals surface area contributed by atoms with Crippen LogP contribution in [0.4, 0.5) is 24.7 Å². The maximum Gasteiger partial charge on any atom is 0.410 e. The first-order valence-electron chi connectivity index (χ1n) is 9.07. The lowest BCUT2D eigenvalue weighted by Gasteiger charge is -2.32. The fourth-order valence-electron chi connectivity index (χ4n) is 3.46. The van der Waals surface area contributed by atoms with Crippen LogP contribution in [0, 0.1) is 13.8 Å². The number of aromatic nitrogens is 2. The number of halogens is 3. The zero-order valence-corrected chi connectivity index (χ0v) is 15.7. The Morgan fingerprint density at radius 2 is 2.10 bits per heavy atom. The lowest BCUT2D eigenvalue weighted by atomic mass is 10.0. The van der Waals surface area contributed by atoms with Gasteiger partial charge in [0.2, 0.25) is 0 Å². The van der Waals surface area contributed by atoms with Crippen LogP contribution in [0.25, 0.3) is 0 Å². The fourth-order valence-corrected chi connectivity index (χ4v) is 3.46. The summed E-state index contributed by atoms with van der Waals surface area (Å²) >= 11 is 0. The SMILES string of the molecule is Cc1ccc(C)c(NC(=O)c2cnn3c2N[C@H](c2ccco2)C[C@H]3C(F)(F)F)c1. The van der Waals surface area contributed by atoms with E-state index in [4.69, 9.17) is 4.42 Å². The molecule has 0 radical (unpaired) electrons. The summed E-state index contributed by atoms with van der Waals surface area (Å²) in [5, 5.41) is 9.62. The highest BCUT2D eigenvalue weighted by molar-refractivity contribution is 6.07. The average Bonchev–Trinajstić information content (AvgIpc) is 3.32. The van der Waals surface area contributed by atoms with Gasteiger partial charge in [-0.3, -0.25) is 4.79 Å². The van der Waals surface area contributed by atoms with Crippen molar-refractivity contribution >= 4 is 17.4 Å². The van der Waals surface area contributed by atoms with E-state index in [2.05, 4.69) is 15.7 Å². The number of anilines is 2. The summed E-state index contributed by atoms with van der Waals surface area (Å²) in [7, 11) is 0. The predicted octanol–water partition coefficient (Wildman–Crippen LogP) is 5.01. The van der Waals surface area contributed by atoms with Gasteiger partial charge in [0.15, 0.2) is 6.04 Å². The van der Waals surface area contributed by atoms with Crippen molar-refractivity contribution in [2.45, 2.75) is 38.5 Å². The summed E-state index contributed by atoms with van der Waals surface area (Å²) in [6, 6.07) is 6.21. The van der Waals surface area contributed by atoms with Gasteiger partial charge in [0.25, 0.3) is 5.91 Å². The number of amides is 1. The van der Waals surface area contributed by atoms with Crippen molar-refractivity contribution in [1.82, 2.24) is 9.78 Å². The van der Waals surface area contributed by atoms with Crippen molar-refractivity contribution in [2.75, 3.05) is 10.6 Å². The monoisotopic (exact) mass is 404 g/mol.